The minimum Gasteiger partial charge on any atom is -0.493 e. The molecular formula is C11H12N2O4. The van der Waals surface area contributed by atoms with Gasteiger partial charge in [0.15, 0.2) is 11.5 Å². The predicted octanol–water partition coefficient (Wildman–Crippen LogP) is 1.25. The number of rotatable bonds is 4. The summed E-state index contributed by atoms with van der Waals surface area (Å²) in [5.41, 5.74) is 0.704. The molecule has 2 rings (SSSR count). The van der Waals surface area contributed by atoms with Gasteiger partial charge in [0.2, 0.25) is 11.8 Å². The number of aromatic nitrogens is 2. The molecular weight excluding hydrogens is 224 g/mol. The van der Waals surface area contributed by atoms with Gasteiger partial charge in [0.1, 0.15) is 6.61 Å². The minimum absolute atomic E-state index is 0.176. The first-order valence-electron chi connectivity index (χ1n) is 4.94. The third-order valence-electron chi connectivity index (χ3n) is 2.23. The van der Waals surface area contributed by atoms with E-state index in [9.17, 15) is 0 Å². The fraction of sp³-hybridized carbons (Fsp3) is 0.273. The lowest BCUT2D eigenvalue weighted by atomic mass is 10.2. The van der Waals surface area contributed by atoms with Gasteiger partial charge in [-0.2, -0.15) is 0 Å². The molecule has 0 atom stereocenters. The van der Waals surface area contributed by atoms with Crippen LogP contribution in [0.25, 0.3) is 11.5 Å². The molecule has 0 aliphatic carbocycles. The van der Waals surface area contributed by atoms with E-state index in [1.54, 1.807) is 32.4 Å². The highest BCUT2D eigenvalue weighted by Gasteiger charge is 2.11. The Morgan fingerprint density at radius 2 is 1.94 bits per heavy atom. The molecule has 90 valence electrons. The molecule has 0 spiro atoms. The van der Waals surface area contributed by atoms with Crippen LogP contribution in [0, 0.1) is 0 Å². The zero-order valence-electron chi connectivity index (χ0n) is 9.51. The molecule has 1 N–H and O–H groups in total. The van der Waals surface area contributed by atoms with E-state index < -0.39 is 0 Å². The highest BCUT2D eigenvalue weighted by molar-refractivity contribution is 5.59. The Bertz CT molecular complexity index is 510. The monoisotopic (exact) mass is 236 g/mol. The second-order valence-corrected chi connectivity index (χ2v) is 3.23. The normalized spacial score (nSPS) is 10.3. The summed E-state index contributed by atoms with van der Waals surface area (Å²) in [6.45, 7) is -0.277. The van der Waals surface area contributed by atoms with Gasteiger partial charge < -0.3 is 19.0 Å². The third-order valence-corrected chi connectivity index (χ3v) is 2.23. The van der Waals surface area contributed by atoms with Crippen molar-refractivity contribution in [3.8, 4) is 23.0 Å². The first-order chi connectivity index (χ1) is 8.28. The summed E-state index contributed by atoms with van der Waals surface area (Å²) >= 11 is 0. The molecule has 0 aliphatic rings. The van der Waals surface area contributed by atoms with Gasteiger partial charge in [-0.1, -0.05) is 0 Å². The van der Waals surface area contributed by atoms with Gasteiger partial charge in [0, 0.05) is 5.56 Å². The van der Waals surface area contributed by atoms with E-state index in [2.05, 4.69) is 10.2 Å². The molecule has 0 amide bonds. The van der Waals surface area contributed by atoms with Gasteiger partial charge in [0.25, 0.3) is 0 Å². The number of benzene rings is 1. The number of nitrogens with zero attached hydrogens (tertiary/aromatic N) is 2. The van der Waals surface area contributed by atoms with Crippen LogP contribution in [0.1, 0.15) is 5.89 Å². The van der Waals surface area contributed by atoms with Gasteiger partial charge in [-0.05, 0) is 18.2 Å². The maximum Gasteiger partial charge on any atom is 0.248 e. The molecule has 1 aromatic carbocycles. The number of hydrogen-bond donors (Lipinski definition) is 1. The van der Waals surface area contributed by atoms with Crippen LogP contribution < -0.4 is 9.47 Å². The van der Waals surface area contributed by atoms with Crippen LogP contribution in [0.2, 0.25) is 0 Å². The maximum atomic E-state index is 8.84. The zero-order chi connectivity index (χ0) is 12.3. The van der Waals surface area contributed by atoms with Crippen molar-refractivity contribution >= 4 is 0 Å². The first kappa shape index (κ1) is 11.4. The molecule has 0 fully saturated rings. The average molecular weight is 236 g/mol. The Kier molecular flexibility index (Phi) is 3.24. The molecule has 0 unspecified atom stereocenters. The van der Waals surface area contributed by atoms with Crippen LogP contribution >= 0.6 is 0 Å². The summed E-state index contributed by atoms with van der Waals surface area (Å²) in [6.07, 6.45) is 0. The van der Waals surface area contributed by atoms with Crippen LogP contribution in [0.15, 0.2) is 22.6 Å². The second kappa shape index (κ2) is 4.84. The van der Waals surface area contributed by atoms with E-state index in [4.69, 9.17) is 19.0 Å². The first-order valence-corrected chi connectivity index (χ1v) is 4.94. The lowest BCUT2D eigenvalue weighted by Crippen LogP contribution is -1.90. The van der Waals surface area contributed by atoms with Crippen LogP contribution in [0.5, 0.6) is 11.5 Å². The predicted molar refractivity (Wildman–Crippen MR) is 58.8 cm³/mol. The molecule has 6 nitrogen and oxygen atoms in total. The van der Waals surface area contributed by atoms with E-state index in [0.29, 0.717) is 23.0 Å². The van der Waals surface area contributed by atoms with Crippen molar-refractivity contribution in [3.05, 3.63) is 24.1 Å². The molecule has 0 saturated heterocycles. The van der Waals surface area contributed by atoms with Crippen molar-refractivity contribution in [2.45, 2.75) is 6.61 Å². The van der Waals surface area contributed by atoms with Crippen LogP contribution in [0.4, 0.5) is 0 Å². The zero-order valence-corrected chi connectivity index (χ0v) is 9.51. The SMILES string of the molecule is COc1ccc(-c2nnc(CO)o2)cc1OC. The van der Waals surface area contributed by atoms with Gasteiger partial charge >= 0.3 is 0 Å². The molecule has 0 radical (unpaired) electrons. The topological polar surface area (TPSA) is 77.6 Å². The second-order valence-electron chi connectivity index (χ2n) is 3.23. The highest BCUT2D eigenvalue weighted by Crippen LogP contribution is 2.31. The van der Waals surface area contributed by atoms with Gasteiger partial charge in [-0.25, -0.2) is 0 Å². The van der Waals surface area contributed by atoms with E-state index in [-0.39, 0.29) is 12.5 Å². The molecule has 0 aliphatic heterocycles. The number of hydrogen-bond acceptors (Lipinski definition) is 6. The summed E-state index contributed by atoms with van der Waals surface area (Å²) in [5, 5.41) is 16.3. The fourth-order valence-corrected chi connectivity index (χ4v) is 1.40. The number of ether oxygens (including phenoxy) is 2. The Labute approximate surface area is 97.8 Å². The molecule has 1 aromatic heterocycles. The maximum absolute atomic E-state index is 8.84. The molecule has 6 heteroatoms. The Balaban J connectivity index is 2.38. The molecule has 17 heavy (non-hydrogen) atoms. The molecule has 1 heterocycles. The summed E-state index contributed by atoms with van der Waals surface area (Å²) in [6, 6.07) is 5.25. The average Bonchev–Trinajstić information content (AvgIpc) is 2.86. The molecule has 0 saturated carbocycles. The Morgan fingerprint density at radius 1 is 1.18 bits per heavy atom. The number of aliphatic hydroxyl groups excluding tert-OH is 1. The Hall–Kier alpha value is -2.08. The van der Waals surface area contributed by atoms with Crippen LogP contribution in [0.3, 0.4) is 0 Å². The van der Waals surface area contributed by atoms with E-state index in [1.807, 2.05) is 0 Å². The van der Waals surface area contributed by atoms with Crippen molar-refractivity contribution < 1.29 is 19.0 Å². The lowest BCUT2D eigenvalue weighted by Gasteiger charge is -2.07. The van der Waals surface area contributed by atoms with Gasteiger partial charge in [0.05, 0.1) is 14.2 Å². The van der Waals surface area contributed by atoms with Crippen LogP contribution in [-0.2, 0) is 6.61 Å². The Morgan fingerprint density at radius 3 is 2.53 bits per heavy atom. The summed E-state index contributed by atoms with van der Waals surface area (Å²) in [7, 11) is 3.11. The fourth-order valence-electron chi connectivity index (χ4n) is 1.40. The summed E-state index contributed by atoms with van der Waals surface area (Å²) in [4.78, 5) is 0. The number of methoxy groups -OCH3 is 2. The van der Waals surface area contributed by atoms with Crippen molar-refractivity contribution in [3.63, 3.8) is 0 Å². The largest absolute Gasteiger partial charge is 0.493 e. The van der Waals surface area contributed by atoms with Gasteiger partial charge in [-0.15, -0.1) is 10.2 Å². The van der Waals surface area contributed by atoms with Crippen molar-refractivity contribution in [1.29, 1.82) is 0 Å². The lowest BCUT2D eigenvalue weighted by molar-refractivity contribution is 0.241. The summed E-state index contributed by atoms with van der Waals surface area (Å²) in [5.74, 6) is 1.71. The van der Waals surface area contributed by atoms with Crippen molar-refractivity contribution in [1.82, 2.24) is 10.2 Å². The smallest absolute Gasteiger partial charge is 0.248 e. The van der Waals surface area contributed by atoms with Crippen molar-refractivity contribution in [2.75, 3.05) is 14.2 Å². The molecule has 2 aromatic rings. The minimum atomic E-state index is -0.277. The van der Waals surface area contributed by atoms with Crippen LogP contribution in [-0.4, -0.2) is 29.5 Å². The molecule has 0 bridgehead atoms. The quantitative estimate of drug-likeness (QED) is 0.860. The standard InChI is InChI=1S/C11H12N2O4/c1-15-8-4-3-7(5-9(8)16-2)11-13-12-10(6-14)17-11/h3-5,14H,6H2,1-2H3. The third kappa shape index (κ3) is 2.21. The number of aliphatic hydroxyl groups is 1. The van der Waals surface area contributed by atoms with Crippen molar-refractivity contribution in [2.24, 2.45) is 0 Å². The van der Waals surface area contributed by atoms with E-state index >= 15 is 0 Å². The van der Waals surface area contributed by atoms with E-state index in [1.165, 1.54) is 0 Å². The highest BCUT2D eigenvalue weighted by atomic mass is 16.5. The van der Waals surface area contributed by atoms with Gasteiger partial charge in [-0.3, -0.25) is 0 Å². The summed E-state index contributed by atoms with van der Waals surface area (Å²) < 4.78 is 15.5. The van der Waals surface area contributed by atoms with E-state index in [0.717, 1.165) is 0 Å².